The van der Waals surface area contributed by atoms with Gasteiger partial charge in [0.1, 0.15) is 12.4 Å². The zero-order valence-corrected chi connectivity index (χ0v) is 13.0. The molecule has 20 heavy (non-hydrogen) atoms. The summed E-state index contributed by atoms with van der Waals surface area (Å²) in [6.45, 7) is 11.6. The summed E-state index contributed by atoms with van der Waals surface area (Å²) in [4.78, 5) is 0. The number of hydrogen-bond donors (Lipinski definition) is 1. The van der Waals surface area contributed by atoms with Crippen LogP contribution in [0.15, 0.2) is 24.3 Å². The minimum absolute atomic E-state index is 0.319. The molecule has 1 aromatic carbocycles. The zero-order valence-electron chi connectivity index (χ0n) is 13.0. The highest BCUT2D eigenvalue weighted by Gasteiger charge is 2.63. The first-order chi connectivity index (χ1) is 9.41. The van der Waals surface area contributed by atoms with Gasteiger partial charge in [-0.2, -0.15) is 0 Å². The normalized spacial score (nSPS) is 19.4. The van der Waals surface area contributed by atoms with Crippen LogP contribution in [-0.4, -0.2) is 13.2 Å². The highest BCUT2D eigenvalue weighted by molar-refractivity contribution is 5.33. The van der Waals surface area contributed by atoms with Gasteiger partial charge in [0.2, 0.25) is 0 Å². The number of benzene rings is 1. The summed E-state index contributed by atoms with van der Waals surface area (Å²) < 4.78 is 5.57. The lowest BCUT2D eigenvalue weighted by Crippen LogP contribution is -2.19. The van der Waals surface area contributed by atoms with Gasteiger partial charge in [-0.1, -0.05) is 51.8 Å². The average Bonchev–Trinajstić information content (AvgIpc) is 2.79. The summed E-state index contributed by atoms with van der Waals surface area (Å²) in [5.41, 5.74) is 2.03. The summed E-state index contributed by atoms with van der Waals surface area (Å²) in [5.74, 6) is 4.12. The summed E-state index contributed by atoms with van der Waals surface area (Å²) in [7, 11) is 0. The maximum atomic E-state index is 5.57. The van der Waals surface area contributed by atoms with Crippen LogP contribution < -0.4 is 10.1 Å². The third-order valence-electron chi connectivity index (χ3n) is 5.27. The smallest absolute Gasteiger partial charge is 0.148 e. The zero-order chi connectivity index (χ0) is 14.8. The van der Waals surface area contributed by atoms with Gasteiger partial charge in [-0.15, -0.1) is 6.42 Å². The molecule has 0 bridgehead atoms. The predicted octanol–water partition coefficient (Wildman–Crippen LogP) is 3.47. The largest absolute Gasteiger partial charge is 0.481 e. The second-order valence-corrected chi connectivity index (χ2v) is 6.73. The lowest BCUT2D eigenvalue weighted by molar-refractivity contribution is 0.364. The number of hydrogen-bond acceptors (Lipinski definition) is 2. The second-order valence-electron chi connectivity index (χ2n) is 6.73. The predicted molar refractivity (Wildman–Crippen MR) is 83.5 cm³/mol. The summed E-state index contributed by atoms with van der Waals surface area (Å²) in [5, 5.41) is 3.56. The molecule has 2 nitrogen and oxygen atoms in total. The van der Waals surface area contributed by atoms with Crippen LogP contribution in [0, 0.1) is 29.1 Å². The van der Waals surface area contributed by atoms with Gasteiger partial charge in [-0.25, -0.2) is 0 Å². The molecule has 2 heteroatoms. The maximum Gasteiger partial charge on any atom is 0.148 e. The van der Waals surface area contributed by atoms with Crippen molar-refractivity contribution < 1.29 is 4.74 Å². The molecule has 0 saturated heterocycles. The molecule has 0 unspecified atom stereocenters. The molecule has 0 spiro atoms. The molecule has 1 aromatic rings. The monoisotopic (exact) mass is 271 g/mol. The van der Waals surface area contributed by atoms with E-state index in [9.17, 15) is 0 Å². The quantitative estimate of drug-likeness (QED) is 0.800. The second kappa shape index (κ2) is 5.50. The van der Waals surface area contributed by atoms with Crippen molar-refractivity contribution in [1.29, 1.82) is 0 Å². The van der Waals surface area contributed by atoms with Crippen molar-refractivity contribution in [3.8, 4) is 18.1 Å². The van der Waals surface area contributed by atoms with Gasteiger partial charge in [0.15, 0.2) is 0 Å². The average molecular weight is 271 g/mol. The van der Waals surface area contributed by atoms with Crippen molar-refractivity contribution in [3.05, 3.63) is 29.8 Å². The first-order valence-corrected chi connectivity index (χ1v) is 7.26. The van der Waals surface area contributed by atoms with Crippen LogP contribution in [0.5, 0.6) is 5.75 Å². The van der Waals surface area contributed by atoms with Gasteiger partial charge < -0.3 is 10.1 Å². The van der Waals surface area contributed by atoms with Gasteiger partial charge >= 0.3 is 0 Å². The number of ether oxygens (including phenoxy) is 1. The van der Waals surface area contributed by atoms with Crippen LogP contribution in [0.2, 0.25) is 0 Å². The molecule has 1 N–H and O–H groups in total. The van der Waals surface area contributed by atoms with E-state index in [2.05, 4.69) is 45.0 Å². The van der Waals surface area contributed by atoms with E-state index in [1.807, 2.05) is 18.2 Å². The van der Waals surface area contributed by atoms with E-state index >= 15 is 0 Å². The summed E-state index contributed by atoms with van der Waals surface area (Å²) in [6.07, 6.45) is 5.24. The Morgan fingerprint density at radius 1 is 1.20 bits per heavy atom. The lowest BCUT2D eigenvalue weighted by atomic mass is 10.0. The number of nitrogens with one attached hydrogen (secondary N) is 1. The molecule has 0 heterocycles. The van der Waals surface area contributed by atoms with E-state index < -0.39 is 0 Å². The van der Waals surface area contributed by atoms with Gasteiger partial charge in [0.25, 0.3) is 0 Å². The topological polar surface area (TPSA) is 21.3 Å². The van der Waals surface area contributed by atoms with Crippen LogP contribution in [0.3, 0.4) is 0 Å². The molecule has 0 amide bonds. The Morgan fingerprint density at radius 3 is 2.45 bits per heavy atom. The number of para-hydroxylation sites is 1. The SMILES string of the molecule is C#CCOc1ccccc1CNCC1C(C)(C)C1(C)C. The Balaban J connectivity index is 1.88. The van der Waals surface area contributed by atoms with E-state index in [-0.39, 0.29) is 0 Å². The Morgan fingerprint density at radius 2 is 1.85 bits per heavy atom. The molecule has 1 aliphatic rings. The summed E-state index contributed by atoms with van der Waals surface area (Å²) in [6, 6.07) is 8.06. The fourth-order valence-electron chi connectivity index (χ4n) is 3.10. The molecular weight excluding hydrogens is 246 g/mol. The molecule has 1 saturated carbocycles. The van der Waals surface area contributed by atoms with Crippen molar-refractivity contribution in [3.63, 3.8) is 0 Å². The van der Waals surface area contributed by atoms with Crippen LogP contribution >= 0.6 is 0 Å². The van der Waals surface area contributed by atoms with Crippen molar-refractivity contribution in [2.75, 3.05) is 13.2 Å². The standard InChI is InChI=1S/C18H25NO/c1-6-11-20-15-10-8-7-9-14(15)12-19-13-16-17(2,3)18(16,4)5/h1,7-10,16,19H,11-13H2,2-5H3. The Labute approximate surface area is 122 Å². The Hall–Kier alpha value is -1.46. The minimum Gasteiger partial charge on any atom is -0.481 e. The molecule has 0 atom stereocenters. The number of terminal acetylenes is 1. The molecular formula is C18H25NO. The first-order valence-electron chi connectivity index (χ1n) is 7.26. The van der Waals surface area contributed by atoms with Crippen LogP contribution in [-0.2, 0) is 6.54 Å². The highest BCUT2D eigenvalue weighted by atomic mass is 16.5. The number of rotatable bonds is 6. The van der Waals surface area contributed by atoms with Gasteiger partial charge in [-0.05, 0) is 29.4 Å². The van der Waals surface area contributed by atoms with Gasteiger partial charge in [0, 0.05) is 12.1 Å². The fraction of sp³-hybridized carbons (Fsp3) is 0.556. The van der Waals surface area contributed by atoms with Gasteiger partial charge in [0.05, 0.1) is 0 Å². The van der Waals surface area contributed by atoms with E-state index in [0.717, 1.165) is 24.8 Å². The van der Waals surface area contributed by atoms with Crippen LogP contribution in [0.25, 0.3) is 0 Å². The Bertz CT molecular complexity index is 496. The fourth-order valence-corrected chi connectivity index (χ4v) is 3.10. The maximum absolute atomic E-state index is 5.57. The molecule has 1 fully saturated rings. The van der Waals surface area contributed by atoms with Crippen molar-refractivity contribution >= 4 is 0 Å². The highest BCUT2D eigenvalue weighted by Crippen LogP contribution is 2.67. The summed E-state index contributed by atoms with van der Waals surface area (Å²) >= 11 is 0. The van der Waals surface area contributed by atoms with E-state index in [0.29, 0.717) is 17.4 Å². The first kappa shape index (κ1) is 14.9. The van der Waals surface area contributed by atoms with Gasteiger partial charge in [-0.3, -0.25) is 0 Å². The van der Waals surface area contributed by atoms with Crippen molar-refractivity contribution in [2.45, 2.75) is 34.2 Å². The van der Waals surface area contributed by atoms with Crippen LogP contribution in [0.4, 0.5) is 0 Å². The van der Waals surface area contributed by atoms with E-state index in [1.54, 1.807) is 0 Å². The molecule has 1 aliphatic carbocycles. The van der Waals surface area contributed by atoms with Crippen LogP contribution in [0.1, 0.15) is 33.3 Å². The lowest BCUT2D eigenvalue weighted by Gasteiger charge is -2.11. The molecule has 0 radical (unpaired) electrons. The van der Waals surface area contributed by atoms with Crippen molar-refractivity contribution in [2.24, 2.45) is 16.7 Å². The molecule has 2 rings (SSSR count). The van der Waals surface area contributed by atoms with E-state index in [1.165, 1.54) is 5.56 Å². The third kappa shape index (κ3) is 2.69. The minimum atomic E-state index is 0.319. The van der Waals surface area contributed by atoms with E-state index in [4.69, 9.17) is 11.2 Å². The molecule has 108 valence electrons. The molecule has 0 aliphatic heterocycles. The van der Waals surface area contributed by atoms with Crippen molar-refractivity contribution in [1.82, 2.24) is 5.32 Å². The molecule has 0 aromatic heterocycles. The Kier molecular flexibility index (Phi) is 4.11. The third-order valence-corrected chi connectivity index (χ3v) is 5.27.